The van der Waals surface area contributed by atoms with Crippen LogP contribution in [-0.2, 0) is 44.4 Å². The number of ketones is 3. The summed E-state index contributed by atoms with van der Waals surface area (Å²) in [5.74, 6) is -4.81. The van der Waals surface area contributed by atoms with E-state index in [0.717, 1.165) is 0 Å². The molecule has 274 valence electrons. The van der Waals surface area contributed by atoms with Crippen LogP contribution in [0.5, 0.6) is 17.2 Å². The fourth-order valence-electron chi connectivity index (χ4n) is 7.98. The standard InChI is InChI=1S/C36H41NO14/c1-15(2)34(43)48-14-22(38)36(44)12-18-25(31(42)27-26(29(18)40)28(39)17-7-6-8-20(45-4)24(17)30(27)41)21(13-36)50-23-11-19-32(16(3)49-23)51-33-35(46-5)47-10-9-37(19)33/h6-8,15-16,19,21,23,32-33,35,40,42,44H,9-14H2,1-5H3/t16-,19-,21-,23-,32+,33+,35-,36-/m0/s1. The molecule has 7 rings (SSSR count). The summed E-state index contributed by atoms with van der Waals surface area (Å²) < 4.78 is 40.8. The van der Waals surface area contributed by atoms with Crippen LogP contribution in [0.2, 0.25) is 0 Å². The zero-order chi connectivity index (χ0) is 36.5. The van der Waals surface area contributed by atoms with Gasteiger partial charge in [-0.1, -0.05) is 26.0 Å². The van der Waals surface area contributed by atoms with Crippen molar-refractivity contribution < 1.29 is 67.7 Å². The Bertz CT molecular complexity index is 1790. The van der Waals surface area contributed by atoms with Crippen LogP contribution in [0.1, 0.15) is 82.7 Å². The SMILES string of the molecule is COc1cccc2c1C(=O)c1c(O)c3c(c(O)c1C2=O)C[C@@](O)(C(=O)COC(=O)C(C)C)C[C@@H]3O[C@H]1C[C@H]2[C@H](O[C@@H]3[C@@H](OC)OCCN32)[C@H](C)O1. The largest absolute Gasteiger partial charge is 0.507 e. The molecule has 3 aliphatic heterocycles. The molecule has 2 aliphatic carbocycles. The van der Waals surface area contributed by atoms with Gasteiger partial charge in [0.25, 0.3) is 0 Å². The second kappa shape index (κ2) is 13.2. The molecule has 15 heteroatoms. The van der Waals surface area contributed by atoms with Gasteiger partial charge < -0.3 is 48.5 Å². The number of phenols is 2. The van der Waals surface area contributed by atoms with Crippen molar-refractivity contribution >= 4 is 23.3 Å². The summed E-state index contributed by atoms with van der Waals surface area (Å²) in [7, 11) is 2.87. The van der Waals surface area contributed by atoms with Gasteiger partial charge in [0.15, 0.2) is 31.2 Å². The minimum Gasteiger partial charge on any atom is -0.507 e. The maximum atomic E-state index is 14.0. The number of fused-ring (bicyclic) bond motifs is 6. The number of Topliss-reactive ketones (excluding diaryl/α,β-unsaturated/α-hetero) is 1. The van der Waals surface area contributed by atoms with Crippen LogP contribution in [-0.4, -0.2) is 120 Å². The van der Waals surface area contributed by atoms with Crippen LogP contribution in [0.25, 0.3) is 0 Å². The molecule has 8 atom stereocenters. The molecular weight excluding hydrogens is 670 g/mol. The van der Waals surface area contributed by atoms with Gasteiger partial charge in [-0.2, -0.15) is 0 Å². The minimum absolute atomic E-state index is 0.0490. The quantitative estimate of drug-likeness (QED) is 0.226. The Labute approximate surface area is 293 Å². The number of hydrogen-bond acceptors (Lipinski definition) is 15. The molecule has 3 N–H and O–H groups in total. The first kappa shape index (κ1) is 35.4. The smallest absolute Gasteiger partial charge is 0.308 e. The lowest BCUT2D eigenvalue weighted by atomic mass is 9.72. The van der Waals surface area contributed by atoms with Gasteiger partial charge in [0.2, 0.25) is 11.6 Å². The van der Waals surface area contributed by atoms with Crippen molar-refractivity contribution in [1.29, 1.82) is 0 Å². The molecule has 15 nitrogen and oxygen atoms in total. The molecule has 0 bridgehead atoms. The number of aromatic hydroxyl groups is 2. The Morgan fingerprint density at radius 2 is 1.80 bits per heavy atom. The number of carbonyl (C=O) groups excluding carboxylic acids is 4. The van der Waals surface area contributed by atoms with Gasteiger partial charge in [0.05, 0.1) is 48.5 Å². The summed E-state index contributed by atoms with van der Waals surface area (Å²) in [5, 5.41) is 35.6. The molecule has 3 heterocycles. The van der Waals surface area contributed by atoms with Crippen molar-refractivity contribution in [2.75, 3.05) is 34.0 Å². The van der Waals surface area contributed by atoms with E-state index in [-0.39, 0.29) is 46.6 Å². The van der Waals surface area contributed by atoms with Crippen molar-refractivity contribution in [3.05, 3.63) is 51.6 Å². The third kappa shape index (κ3) is 5.71. The van der Waals surface area contributed by atoms with E-state index in [4.69, 9.17) is 33.2 Å². The van der Waals surface area contributed by atoms with E-state index in [9.17, 15) is 34.5 Å². The molecule has 5 aliphatic rings. The van der Waals surface area contributed by atoms with E-state index in [1.54, 1.807) is 13.8 Å². The third-order valence-corrected chi connectivity index (χ3v) is 10.5. The Hall–Kier alpha value is -3.96. The first-order chi connectivity index (χ1) is 24.3. The summed E-state index contributed by atoms with van der Waals surface area (Å²) in [6.07, 6.45) is -5.03. The van der Waals surface area contributed by atoms with Gasteiger partial charge >= 0.3 is 5.97 Å². The number of nitrogens with zero attached hydrogens (tertiary/aromatic N) is 1. The maximum Gasteiger partial charge on any atom is 0.308 e. The van der Waals surface area contributed by atoms with Crippen LogP contribution in [0.15, 0.2) is 18.2 Å². The van der Waals surface area contributed by atoms with Gasteiger partial charge in [-0.3, -0.25) is 24.1 Å². The molecule has 0 amide bonds. The average molecular weight is 712 g/mol. The van der Waals surface area contributed by atoms with E-state index >= 15 is 0 Å². The van der Waals surface area contributed by atoms with Crippen molar-refractivity contribution in [3.63, 3.8) is 0 Å². The van der Waals surface area contributed by atoms with Crippen LogP contribution in [0.4, 0.5) is 0 Å². The van der Waals surface area contributed by atoms with Crippen LogP contribution in [0.3, 0.4) is 0 Å². The highest BCUT2D eigenvalue weighted by molar-refractivity contribution is 6.31. The molecular formula is C36H41NO14. The molecule has 0 radical (unpaired) electrons. The molecule has 3 fully saturated rings. The molecule has 0 aromatic heterocycles. The number of esters is 1. The minimum atomic E-state index is -2.28. The lowest BCUT2D eigenvalue weighted by molar-refractivity contribution is -0.256. The Kier molecular flexibility index (Phi) is 9.19. The zero-order valence-electron chi connectivity index (χ0n) is 28.9. The second-order valence-corrected chi connectivity index (χ2v) is 13.9. The number of ether oxygens (including phenoxy) is 7. The summed E-state index contributed by atoms with van der Waals surface area (Å²) in [6.45, 7) is 5.21. The van der Waals surface area contributed by atoms with Crippen LogP contribution < -0.4 is 4.74 Å². The zero-order valence-corrected chi connectivity index (χ0v) is 28.9. The Morgan fingerprint density at radius 3 is 2.51 bits per heavy atom. The number of aliphatic hydroxyl groups is 1. The van der Waals surface area contributed by atoms with Gasteiger partial charge in [-0.15, -0.1) is 0 Å². The lowest BCUT2D eigenvalue weighted by Gasteiger charge is -2.43. The highest BCUT2D eigenvalue weighted by Gasteiger charge is 2.55. The number of rotatable bonds is 8. The summed E-state index contributed by atoms with van der Waals surface area (Å²) >= 11 is 0. The number of hydrogen-bond donors (Lipinski definition) is 3. The van der Waals surface area contributed by atoms with E-state index in [1.807, 2.05) is 6.92 Å². The van der Waals surface area contributed by atoms with Gasteiger partial charge in [-0.25, -0.2) is 0 Å². The van der Waals surface area contributed by atoms with E-state index in [2.05, 4.69) is 4.90 Å². The summed E-state index contributed by atoms with van der Waals surface area (Å²) in [5.41, 5.74) is -3.57. The van der Waals surface area contributed by atoms with Gasteiger partial charge in [0, 0.05) is 55.6 Å². The number of phenolic OH excluding ortho intramolecular Hbond substituents is 2. The number of carbonyl (C=O) groups is 4. The van der Waals surface area contributed by atoms with Crippen LogP contribution in [0, 0.1) is 5.92 Å². The normalized spacial score (nSPS) is 31.3. The Morgan fingerprint density at radius 1 is 1.06 bits per heavy atom. The summed E-state index contributed by atoms with van der Waals surface area (Å²) in [6, 6.07) is 4.23. The molecule has 0 saturated carbocycles. The monoisotopic (exact) mass is 711 g/mol. The maximum absolute atomic E-state index is 14.0. The molecule has 2 aromatic rings. The van der Waals surface area contributed by atoms with E-state index in [0.29, 0.717) is 13.2 Å². The van der Waals surface area contributed by atoms with E-state index < -0.39 is 108 Å². The Balaban J connectivity index is 1.28. The van der Waals surface area contributed by atoms with Gasteiger partial charge in [-0.05, 0) is 13.0 Å². The molecule has 3 saturated heterocycles. The molecule has 0 unspecified atom stereocenters. The highest BCUT2D eigenvalue weighted by Crippen LogP contribution is 2.53. The van der Waals surface area contributed by atoms with Crippen molar-refractivity contribution in [2.24, 2.45) is 5.92 Å². The third-order valence-electron chi connectivity index (χ3n) is 10.5. The van der Waals surface area contributed by atoms with Crippen molar-refractivity contribution in [1.82, 2.24) is 4.90 Å². The highest BCUT2D eigenvalue weighted by atomic mass is 16.7. The number of benzene rings is 2. The predicted molar refractivity (Wildman–Crippen MR) is 172 cm³/mol. The number of methoxy groups -OCH3 is 2. The first-order valence-corrected chi connectivity index (χ1v) is 17.0. The topological polar surface area (TPSA) is 197 Å². The van der Waals surface area contributed by atoms with Crippen molar-refractivity contribution in [2.45, 2.75) is 88.8 Å². The average Bonchev–Trinajstić information content (AvgIpc) is 3.49. The van der Waals surface area contributed by atoms with Crippen molar-refractivity contribution in [3.8, 4) is 17.2 Å². The van der Waals surface area contributed by atoms with E-state index in [1.165, 1.54) is 32.4 Å². The predicted octanol–water partition coefficient (Wildman–Crippen LogP) is 1.92. The van der Waals surface area contributed by atoms with Crippen LogP contribution >= 0.6 is 0 Å². The second-order valence-electron chi connectivity index (χ2n) is 13.9. The molecule has 0 spiro atoms. The summed E-state index contributed by atoms with van der Waals surface area (Å²) in [4.78, 5) is 55.8. The molecule has 2 aromatic carbocycles. The first-order valence-electron chi connectivity index (χ1n) is 17.0. The fourth-order valence-corrected chi connectivity index (χ4v) is 7.98. The lowest BCUT2D eigenvalue weighted by Crippen LogP contribution is -2.55. The fraction of sp³-hybridized carbons (Fsp3) is 0.556. The number of morpholine rings is 1. The molecule has 51 heavy (non-hydrogen) atoms. The van der Waals surface area contributed by atoms with Gasteiger partial charge in [0.1, 0.15) is 29.0 Å².